The lowest BCUT2D eigenvalue weighted by Crippen LogP contribution is -2.37. The van der Waals surface area contributed by atoms with Crippen molar-refractivity contribution in [3.8, 4) is 0 Å². The molecule has 3 N–H and O–H groups in total. The first-order valence-corrected chi connectivity index (χ1v) is 7.41. The first-order chi connectivity index (χ1) is 8.23. The zero-order valence-corrected chi connectivity index (χ0v) is 12.7. The molecule has 2 atom stereocenters. The van der Waals surface area contributed by atoms with Crippen molar-refractivity contribution in [2.24, 2.45) is 5.92 Å². The van der Waals surface area contributed by atoms with Gasteiger partial charge < -0.3 is 5.73 Å². The highest BCUT2D eigenvalue weighted by Crippen LogP contribution is 2.28. The molecule has 0 saturated heterocycles. The van der Waals surface area contributed by atoms with Crippen LogP contribution >= 0.6 is 0 Å². The first-order valence-electron chi connectivity index (χ1n) is 6.26. The molecule has 102 valence electrons. The third kappa shape index (κ3) is 3.82. The maximum absolute atomic E-state index is 12.2. The van der Waals surface area contributed by atoms with Crippen molar-refractivity contribution >= 4 is 16.7 Å². The Morgan fingerprint density at radius 2 is 1.78 bits per heavy atom. The summed E-state index contributed by atoms with van der Waals surface area (Å²) in [7, 11) is -1.10. The number of hydrogen-bond donors (Lipinski definition) is 2. The fourth-order valence-corrected chi connectivity index (χ4v) is 2.63. The second kappa shape index (κ2) is 5.85. The van der Waals surface area contributed by atoms with E-state index in [9.17, 15) is 4.21 Å². The maximum Gasteiger partial charge on any atom is 0.0976 e. The minimum Gasteiger partial charge on any atom is -0.398 e. The van der Waals surface area contributed by atoms with Gasteiger partial charge in [-0.2, -0.15) is 0 Å². The molecule has 1 rings (SSSR count). The second-order valence-electron chi connectivity index (χ2n) is 5.85. The Labute approximate surface area is 113 Å². The molecule has 0 heterocycles. The van der Waals surface area contributed by atoms with Gasteiger partial charge in [-0.1, -0.05) is 32.0 Å². The molecule has 0 aromatic heterocycles. The molecule has 0 fully saturated rings. The molecule has 0 aliphatic heterocycles. The Morgan fingerprint density at radius 1 is 1.22 bits per heavy atom. The summed E-state index contributed by atoms with van der Waals surface area (Å²) in [5.74, 6) is 0.320. The third-order valence-corrected chi connectivity index (χ3v) is 4.37. The van der Waals surface area contributed by atoms with Crippen LogP contribution in [0.3, 0.4) is 0 Å². The molecule has 0 aliphatic carbocycles. The molecule has 18 heavy (non-hydrogen) atoms. The molecule has 3 nitrogen and oxygen atoms in total. The summed E-state index contributed by atoms with van der Waals surface area (Å²) in [4.78, 5) is 0. The van der Waals surface area contributed by atoms with Crippen LogP contribution in [0.4, 0.5) is 5.69 Å². The number of nitrogens with one attached hydrogen (secondary N) is 1. The molecular weight excluding hydrogens is 244 g/mol. The van der Waals surface area contributed by atoms with Gasteiger partial charge in [-0.05, 0) is 38.3 Å². The van der Waals surface area contributed by atoms with E-state index in [2.05, 4.69) is 18.6 Å². The van der Waals surface area contributed by atoms with Crippen molar-refractivity contribution in [1.82, 2.24) is 4.72 Å². The maximum atomic E-state index is 12.2. The fourth-order valence-electron chi connectivity index (χ4n) is 1.64. The smallest absolute Gasteiger partial charge is 0.0976 e. The normalized spacial score (nSPS) is 15.7. The van der Waals surface area contributed by atoms with E-state index < -0.39 is 11.0 Å². The van der Waals surface area contributed by atoms with Gasteiger partial charge in [0.15, 0.2) is 0 Å². The van der Waals surface area contributed by atoms with Crippen molar-refractivity contribution in [2.45, 2.75) is 45.4 Å². The van der Waals surface area contributed by atoms with E-state index in [1.54, 1.807) is 0 Å². The van der Waals surface area contributed by atoms with E-state index in [1.807, 2.05) is 45.0 Å². The molecule has 0 unspecified atom stereocenters. The van der Waals surface area contributed by atoms with Crippen LogP contribution in [0, 0.1) is 5.92 Å². The Morgan fingerprint density at radius 3 is 2.22 bits per heavy atom. The summed E-state index contributed by atoms with van der Waals surface area (Å²) in [5, 5.41) is 0. The highest BCUT2D eigenvalue weighted by Gasteiger charge is 2.26. The largest absolute Gasteiger partial charge is 0.398 e. The lowest BCUT2D eigenvalue weighted by atomic mass is 9.96. The van der Waals surface area contributed by atoms with Crippen molar-refractivity contribution in [2.75, 3.05) is 5.73 Å². The predicted octanol–water partition coefficient (Wildman–Crippen LogP) is 3.02. The van der Waals surface area contributed by atoms with E-state index >= 15 is 0 Å². The number of hydrogen-bond acceptors (Lipinski definition) is 2. The fraction of sp³-hybridized carbons (Fsp3) is 0.571. The number of rotatable bonds is 4. The molecule has 0 saturated carbocycles. The molecule has 0 aliphatic rings. The summed E-state index contributed by atoms with van der Waals surface area (Å²) in [6.45, 7) is 10.1. The average Bonchev–Trinajstić information content (AvgIpc) is 2.25. The monoisotopic (exact) mass is 268 g/mol. The first kappa shape index (κ1) is 15.2. The van der Waals surface area contributed by atoms with Gasteiger partial charge in [0.2, 0.25) is 0 Å². The molecule has 0 spiro atoms. The molecule has 0 bridgehead atoms. The SMILES string of the molecule is CC(C)[C@@H](N[S@](=O)C(C)(C)C)c1ccccc1N. The molecule has 4 heteroatoms. The zero-order chi connectivity index (χ0) is 13.9. The summed E-state index contributed by atoms with van der Waals surface area (Å²) >= 11 is 0. The van der Waals surface area contributed by atoms with E-state index in [1.165, 1.54) is 0 Å². The van der Waals surface area contributed by atoms with Gasteiger partial charge >= 0.3 is 0 Å². The zero-order valence-electron chi connectivity index (χ0n) is 11.9. The van der Waals surface area contributed by atoms with Crippen LogP contribution < -0.4 is 10.5 Å². The highest BCUT2D eigenvalue weighted by molar-refractivity contribution is 7.84. The summed E-state index contributed by atoms with van der Waals surface area (Å²) in [5.41, 5.74) is 7.77. The number of anilines is 1. The van der Waals surface area contributed by atoms with Crippen LogP contribution in [-0.2, 0) is 11.0 Å². The van der Waals surface area contributed by atoms with E-state index in [0.29, 0.717) is 5.92 Å². The topological polar surface area (TPSA) is 55.1 Å². The molecular formula is C14H24N2OS. The van der Waals surface area contributed by atoms with E-state index in [4.69, 9.17) is 5.73 Å². The van der Waals surface area contributed by atoms with Gasteiger partial charge in [-0.25, -0.2) is 8.93 Å². The van der Waals surface area contributed by atoms with Crippen LogP contribution in [0.1, 0.15) is 46.2 Å². The van der Waals surface area contributed by atoms with E-state index in [0.717, 1.165) is 11.3 Å². The predicted molar refractivity (Wildman–Crippen MR) is 79.5 cm³/mol. The van der Waals surface area contributed by atoms with Crippen LogP contribution in [-0.4, -0.2) is 8.96 Å². The Balaban J connectivity index is 2.99. The third-order valence-electron chi connectivity index (χ3n) is 2.79. The number of para-hydroxylation sites is 1. The summed E-state index contributed by atoms with van der Waals surface area (Å²) in [6.07, 6.45) is 0. The van der Waals surface area contributed by atoms with Crippen molar-refractivity contribution in [3.05, 3.63) is 29.8 Å². The quantitative estimate of drug-likeness (QED) is 0.825. The van der Waals surface area contributed by atoms with Crippen LogP contribution in [0.5, 0.6) is 0 Å². The molecule has 0 radical (unpaired) electrons. The van der Waals surface area contributed by atoms with Gasteiger partial charge in [0.1, 0.15) is 0 Å². The Kier molecular flexibility index (Phi) is 4.93. The molecule has 0 amide bonds. The average molecular weight is 268 g/mol. The van der Waals surface area contributed by atoms with Crippen LogP contribution in [0.15, 0.2) is 24.3 Å². The Bertz CT molecular complexity index is 424. The van der Waals surface area contributed by atoms with E-state index in [-0.39, 0.29) is 10.8 Å². The minimum atomic E-state index is -1.10. The highest BCUT2D eigenvalue weighted by atomic mass is 32.2. The number of benzene rings is 1. The van der Waals surface area contributed by atoms with Crippen LogP contribution in [0.25, 0.3) is 0 Å². The Hall–Kier alpha value is -0.870. The van der Waals surface area contributed by atoms with Gasteiger partial charge in [0.25, 0.3) is 0 Å². The minimum absolute atomic E-state index is 0.00579. The number of nitrogens with two attached hydrogens (primary N) is 1. The molecule has 1 aromatic rings. The van der Waals surface area contributed by atoms with Crippen LogP contribution in [0.2, 0.25) is 0 Å². The van der Waals surface area contributed by atoms with Crippen molar-refractivity contribution < 1.29 is 4.21 Å². The number of nitrogen functional groups attached to an aromatic ring is 1. The lowest BCUT2D eigenvalue weighted by molar-refractivity contribution is 0.474. The van der Waals surface area contributed by atoms with Crippen molar-refractivity contribution in [3.63, 3.8) is 0 Å². The van der Waals surface area contributed by atoms with Gasteiger partial charge in [-0.3, -0.25) is 0 Å². The van der Waals surface area contributed by atoms with Gasteiger partial charge in [0, 0.05) is 11.7 Å². The van der Waals surface area contributed by atoms with Crippen molar-refractivity contribution in [1.29, 1.82) is 0 Å². The summed E-state index contributed by atoms with van der Waals surface area (Å²) in [6, 6.07) is 7.75. The lowest BCUT2D eigenvalue weighted by Gasteiger charge is -2.27. The van der Waals surface area contributed by atoms with Gasteiger partial charge in [-0.15, -0.1) is 0 Å². The molecule has 1 aromatic carbocycles. The second-order valence-corrected chi connectivity index (χ2v) is 7.85. The van der Waals surface area contributed by atoms with Gasteiger partial charge in [0.05, 0.1) is 15.7 Å². The standard InChI is InChI=1S/C14H24N2OS/c1-10(2)13(16-18(17)14(3,4)5)11-8-6-7-9-12(11)15/h6-10,13,16H,15H2,1-5H3/t13-,18-/m1/s1. The summed E-state index contributed by atoms with van der Waals surface area (Å²) < 4.78 is 15.1.